The second kappa shape index (κ2) is 10.9. The van der Waals surface area contributed by atoms with Crippen LogP contribution in [0, 0.1) is 5.82 Å². The molecule has 3 aromatic carbocycles. The Balaban J connectivity index is 1.50. The molecule has 2 nitrogen and oxygen atoms in total. The third-order valence-electron chi connectivity index (χ3n) is 7.25. The summed E-state index contributed by atoms with van der Waals surface area (Å²) in [7, 11) is 2.02. The van der Waals surface area contributed by atoms with Crippen LogP contribution in [0.3, 0.4) is 0 Å². The molecule has 0 radical (unpaired) electrons. The van der Waals surface area contributed by atoms with Gasteiger partial charge in [-0.25, -0.2) is 4.39 Å². The number of nitrogens with zero attached hydrogens (tertiary/aromatic N) is 1. The highest BCUT2D eigenvalue weighted by molar-refractivity contribution is 7.20. The average molecular weight is 540 g/mol. The first kappa shape index (κ1) is 25.3. The normalized spacial score (nSPS) is 17.9. The zero-order valence-electron chi connectivity index (χ0n) is 20.2. The summed E-state index contributed by atoms with van der Waals surface area (Å²) in [6.07, 6.45) is 4.20. The van der Waals surface area contributed by atoms with Crippen LogP contribution in [0.4, 0.5) is 4.39 Å². The minimum atomic E-state index is -0.211. The van der Waals surface area contributed by atoms with Crippen molar-refractivity contribution in [2.24, 2.45) is 0 Å². The van der Waals surface area contributed by atoms with Crippen molar-refractivity contribution >= 4 is 50.3 Å². The SMILES string of the molecule is C=C(c1sc2ccccc2c1Cl)N(Cc1cc(-c2ccc(Cl)cc2)ccc1F)C1CCC(NC)CC1. The first-order chi connectivity index (χ1) is 17.4. The van der Waals surface area contributed by atoms with Crippen LogP contribution in [0.2, 0.25) is 10.0 Å². The molecule has 0 atom stereocenters. The first-order valence-electron chi connectivity index (χ1n) is 12.3. The number of hydrogen-bond acceptors (Lipinski definition) is 3. The third-order valence-corrected chi connectivity index (χ3v) is 9.23. The Hall–Kier alpha value is -2.37. The van der Waals surface area contributed by atoms with Crippen molar-refractivity contribution in [1.29, 1.82) is 0 Å². The van der Waals surface area contributed by atoms with E-state index in [1.54, 1.807) is 17.4 Å². The van der Waals surface area contributed by atoms with Gasteiger partial charge in [0.2, 0.25) is 0 Å². The lowest BCUT2D eigenvalue weighted by Crippen LogP contribution is -2.40. The van der Waals surface area contributed by atoms with Crippen molar-refractivity contribution in [3.8, 4) is 11.1 Å². The molecule has 5 rings (SSSR count). The van der Waals surface area contributed by atoms with Crippen LogP contribution in [0.1, 0.15) is 36.1 Å². The minimum Gasteiger partial charge on any atom is -0.363 e. The minimum absolute atomic E-state index is 0.211. The van der Waals surface area contributed by atoms with Crippen LogP contribution < -0.4 is 5.32 Å². The van der Waals surface area contributed by atoms with Gasteiger partial charge in [-0.2, -0.15) is 0 Å². The van der Waals surface area contributed by atoms with E-state index in [2.05, 4.69) is 22.9 Å². The summed E-state index contributed by atoms with van der Waals surface area (Å²) < 4.78 is 16.3. The Morgan fingerprint density at radius 1 is 1.00 bits per heavy atom. The standard InChI is InChI=1S/C30H29Cl2FN2S/c1-19(30-29(32)26-5-3-4-6-28(26)36-30)35(25-14-12-24(34-2)13-15-25)18-22-17-21(9-16-27(22)33)20-7-10-23(31)11-8-20/h3-11,16-17,24-25,34H,1,12-15,18H2,2H3. The summed E-state index contributed by atoms with van der Waals surface area (Å²) in [4.78, 5) is 3.25. The lowest BCUT2D eigenvalue weighted by Gasteiger charge is -2.39. The fourth-order valence-electron chi connectivity index (χ4n) is 5.15. The summed E-state index contributed by atoms with van der Waals surface area (Å²) in [6, 6.07) is 21.9. The molecule has 0 amide bonds. The van der Waals surface area contributed by atoms with Crippen LogP contribution in [-0.2, 0) is 6.54 Å². The van der Waals surface area contributed by atoms with Crippen molar-refractivity contribution in [2.45, 2.75) is 44.3 Å². The predicted octanol–water partition coefficient (Wildman–Crippen LogP) is 9.02. The van der Waals surface area contributed by atoms with Gasteiger partial charge in [0.15, 0.2) is 0 Å². The number of rotatable bonds is 7. The largest absolute Gasteiger partial charge is 0.363 e. The quantitative estimate of drug-likeness (QED) is 0.252. The van der Waals surface area contributed by atoms with Gasteiger partial charge in [-0.3, -0.25) is 0 Å². The predicted molar refractivity (Wildman–Crippen MR) is 153 cm³/mol. The van der Waals surface area contributed by atoms with Crippen LogP contribution in [-0.4, -0.2) is 24.0 Å². The monoisotopic (exact) mass is 538 g/mol. The van der Waals surface area contributed by atoms with E-state index in [0.29, 0.717) is 23.2 Å². The summed E-state index contributed by atoms with van der Waals surface area (Å²) in [5.41, 5.74) is 3.49. The molecule has 1 aromatic heterocycles. The van der Waals surface area contributed by atoms with Crippen molar-refractivity contribution < 1.29 is 4.39 Å². The molecule has 6 heteroatoms. The van der Waals surface area contributed by atoms with Crippen molar-refractivity contribution in [2.75, 3.05) is 7.05 Å². The lowest BCUT2D eigenvalue weighted by molar-refractivity contribution is 0.203. The summed E-state index contributed by atoms with van der Waals surface area (Å²) >= 11 is 14.6. The maximum absolute atomic E-state index is 15.2. The Kier molecular flexibility index (Phi) is 7.68. The van der Waals surface area contributed by atoms with Crippen LogP contribution in [0.15, 0.2) is 73.3 Å². The highest BCUT2D eigenvalue weighted by Crippen LogP contribution is 2.42. The molecular weight excluding hydrogens is 510 g/mol. The van der Waals surface area contributed by atoms with Gasteiger partial charge in [0.1, 0.15) is 5.82 Å². The Morgan fingerprint density at radius 2 is 1.69 bits per heavy atom. The lowest BCUT2D eigenvalue weighted by atomic mass is 9.89. The number of halogens is 3. The van der Waals surface area contributed by atoms with E-state index in [4.69, 9.17) is 23.2 Å². The smallest absolute Gasteiger partial charge is 0.128 e. The number of benzene rings is 3. The average Bonchev–Trinajstić information content (AvgIpc) is 3.25. The molecule has 0 aliphatic heterocycles. The molecule has 186 valence electrons. The summed E-state index contributed by atoms with van der Waals surface area (Å²) in [6.45, 7) is 4.95. The Morgan fingerprint density at radius 3 is 2.39 bits per heavy atom. The van der Waals surface area contributed by atoms with Gasteiger partial charge in [0, 0.05) is 45.0 Å². The van der Waals surface area contributed by atoms with Crippen molar-refractivity contribution in [3.05, 3.63) is 99.6 Å². The first-order valence-corrected chi connectivity index (χ1v) is 13.9. The van der Waals surface area contributed by atoms with Gasteiger partial charge in [-0.05, 0) is 74.2 Å². The Bertz CT molecular complexity index is 1370. The molecule has 1 N–H and O–H groups in total. The molecule has 36 heavy (non-hydrogen) atoms. The van der Waals surface area contributed by atoms with Gasteiger partial charge in [-0.15, -0.1) is 11.3 Å². The van der Waals surface area contributed by atoms with E-state index in [9.17, 15) is 0 Å². The Labute approximate surface area is 226 Å². The van der Waals surface area contributed by atoms with Crippen molar-refractivity contribution in [1.82, 2.24) is 10.2 Å². The molecule has 0 unspecified atom stereocenters. The highest BCUT2D eigenvalue weighted by Gasteiger charge is 2.29. The summed E-state index contributed by atoms with van der Waals surface area (Å²) in [5.74, 6) is -0.211. The molecule has 1 heterocycles. The van der Waals surface area contributed by atoms with E-state index in [1.165, 1.54) is 0 Å². The van der Waals surface area contributed by atoms with E-state index >= 15 is 4.39 Å². The number of nitrogens with one attached hydrogen (secondary N) is 1. The second-order valence-corrected chi connectivity index (χ2v) is 11.3. The zero-order chi connectivity index (χ0) is 25.2. The summed E-state index contributed by atoms with van der Waals surface area (Å²) in [5, 5.41) is 5.86. The van der Waals surface area contributed by atoms with Gasteiger partial charge in [0.05, 0.1) is 9.90 Å². The van der Waals surface area contributed by atoms with Gasteiger partial charge >= 0.3 is 0 Å². The van der Waals surface area contributed by atoms with E-state index in [0.717, 1.165) is 62.5 Å². The number of thiophene rings is 1. The van der Waals surface area contributed by atoms with Gasteiger partial charge in [-0.1, -0.05) is 66.2 Å². The van der Waals surface area contributed by atoms with Gasteiger partial charge in [0.25, 0.3) is 0 Å². The van der Waals surface area contributed by atoms with Crippen LogP contribution in [0.5, 0.6) is 0 Å². The topological polar surface area (TPSA) is 15.3 Å². The molecule has 1 saturated carbocycles. The second-order valence-electron chi connectivity index (χ2n) is 9.42. The molecule has 0 spiro atoms. The van der Waals surface area contributed by atoms with Crippen LogP contribution >= 0.6 is 34.5 Å². The van der Waals surface area contributed by atoms with Crippen LogP contribution in [0.25, 0.3) is 26.9 Å². The highest BCUT2D eigenvalue weighted by atomic mass is 35.5. The van der Waals surface area contributed by atoms with E-state index in [1.807, 2.05) is 61.6 Å². The molecule has 4 aromatic rings. The third kappa shape index (κ3) is 5.19. The van der Waals surface area contributed by atoms with Crippen molar-refractivity contribution in [3.63, 3.8) is 0 Å². The van der Waals surface area contributed by atoms with E-state index < -0.39 is 0 Å². The molecular formula is C30H29Cl2FN2S. The van der Waals surface area contributed by atoms with Gasteiger partial charge < -0.3 is 10.2 Å². The number of fused-ring (bicyclic) bond motifs is 1. The maximum atomic E-state index is 15.2. The zero-order valence-corrected chi connectivity index (χ0v) is 22.6. The number of hydrogen-bond donors (Lipinski definition) is 1. The fraction of sp³-hybridized carbons (Fsp3) is 0.267. The molecule has 0 saturated heterocycles. The molecule has 1 fully saturated rings. The molecule has 0 bridgehead atoms. The fourth-order valence-corrected chi connectivity index (χ4v) is 6.81. The maximum Gasteiger partial charge on any atom is 0.128 e. The van der Waals surface area contributed by atoms with E-state index in [-0.39, 0.29) is 11.9 Å². The molecule has 1 aliphatic carbocycles. The molecule has 1 aliphatic rings.